The van der Waals surface area contributed by atoms with E-state index in [2.05, 4.69) is 10.9 Å². The number of nitrogens with zero attached hydrogens (tertiary/aromatic N) is 1. The van der Waals surface area contributed by atoms with E-state index in [0.717, 1.165) is 0 Å². The number of para-hydroxylation sites is 1. The number of amides is 2. The highest BCUT2D eigenvalue weighted by atomic mass is 16.5. The molecule has 0 unspecified atom stereocenters. The Labute approximate surface area is 167 Å². The molecule has 0 aliphatic carbocycles. The Morgan fingerprint density at radius 2 is 1.41 bits per heavy atom. The number of hydrogen-bond donors (Lipinski definition) is 2. The molecule has 29 heavy (non-hydrogen) atoms. The molecule has 3 rings (SSSR count). The number of carbonyl (C=O) groups excluding carboxylic acids is 2. The molecule has 7 nitrogen and oxygen atoms in total. The average Bonchev–Trinajstić information content (AvgIpc) is 2.77. The highest BCUT2D eigenvalue weighted by Gasteiger charge is 2.08. The van der Waals surface area contributed by atoms with Crippen LogP contribution in [0.1, 0.15) is 15.9 Å². The van der Waals surface area contributed by atoms with Crippen LogP contribution in [0, 0.1) is 11.3 Å². The van der Waals surface area contributed by atoms with Crippen LogP contribution in [-0.4, -0.2) is 18.4 Å². The zero-order chi connectivity index (χ0) is 20.5. The molecule has 0 saturated heterocycles. The smallest absolute Gasteiger partial charge is 0.276 e. The Balaban J connectivity index is 1.44. The van der Waals surface area contributed by atoms with Gasteiger partial charge in [-0.2, -0.15) is 5.26 Å². The van der Waals surface area contributed by atoms with Crippen LogP contribution in [-0.2, 0) is 4.79 Å². The summed E-state index contributed by atoms with van der Waals surface area (Å²) in [6.07, 6.45) is 0. The van der Waals surface area contributed by atoms with E-state index in [0.29, 0.717) is 28.4 Å². The SMILES string of the molecule is N#Cc1ccc(OCC(=O)NNC(=O)c2ccc(Oc3ccccc3)cc2)cc1. The van der Waals surface area contributed by atoms with Crippen LogP contribution < -0.4 is 20.3 Å². The van der Waals surface area contributed by atoms with E-state index in [-0.39, 0.29) is 6.61 Å². The molecule has 0 aliphatic rings. The largest absolute Gasteiger partial charge is 0.484 e. The minimum atomic E-state index is -0.522. The summed E-state index contributed by atoms with van der Waals surface area (Å²) in [6, 6.07) is 24.1. The lowest BCUT2D eigenvalue weighted by atomic mass is 10.2. The molecule has 3 aromatic carbocycles. The van der Waals surface area contributed by atoms with Crippen LogP contribution in [0.4, 0.5) is 0 Å². The predicted molar refractivity (Wildman–Crippen MR) is 105 cm³/mol. The Kier molecular flexibility index (Phi) is 6.42. The molecule has 0 bridgehead atoms. The van der Waals surface area contributed by atoms with E-state index < -0.39 is 11.8 Å². The Hall–Kier alpha value is -4.31. The first-order chi connectivity index (χ1) is 14.1. The van der Waals surface area contributed by atoms with Crippen LogP contribution in [0.15, 0.2) is 78.9 Å². The number of hydrazine groups is 1. The fourth-order valence-corrected chi connectivity index (χ4v) is 2.31. The van der Waals surface area contributed by atoms with Gasteiger partial charge in [-0.05, 0) is 60.7 Å². The summed E-state index contributed by atoms with van der Waals surface area (Å²) in [6.45, 7) is -0.282. The second kappa shape index (κ2) is 9.58. The maximum absolute atomic E-state index is 12.1. The number of nitrogens with one attached hydrogen (secondary N) is 2. The first-order valence-electron chi connectivity index (χ1n) is 8.69. The monoisotopic (exact) mass is 387 g/mol. The molecule has 0 heterocycles. The van der Waals surface area contributed by atoms with Gasteiger partial charge in [-0.3, -0.25) is 20.4 Å². The van der Waals surface area contributed by atoms with E-state index in [4.69, 9.17) is 14.7 Å². The van der Waals surface area contributed by atoms with Gasteiger partial charge in [0.1, 0.15) is 17.2 Å². The van der Waals surface area contributed by atoms with Crippen molar-refractivity contribution in [2.45, 2.75) is 0 Å². The minimum Gasteiger partial charge on any atom is -0.484 e. The fraction of sp³-hybridized carbons (Fsp3) is 0.0455. The van der Waals surface area contributed by atoms with E-state index >= 15 is 0 Å². The molecule has 0 atom stereocenters. The molecule has 2 N–H and O–H groups in total. The van der Waals surface area contributed by atoms with Crippen molar-refractivity contribution >= 4 is 11.8 Å². The maximum Gasteiger partial charge on any atom is 0.276 e. The van der Waals surface area contributed by atoms with E-state index in [9.17, 15) is 9.59 Å². The molecule has 0 aliphatic heterocycles. The summed E-state index contributed by atoms with van der Waals surface area (Å²) in [5.41, 5.74) is 5.46. The number of ether oxygens (including phenoxy) is 2. The molecular weight excluding hydrogens is 370 g/mol. The van der Waals surface area contributed by atoms with Crippen molar-refractivity contribution in [2.24, 2.45) is 0 Å². The van der Waals surface area contributed by atoms with E-state index in [1.54, 1.807) is 48.5 Å². The first kappa shape index (κ1) is 19.5. The number of carbonyl (C=O) groups is 2. The molecule has 0 radical (unpaired) electrons. The van der Waals surface area contributed by atoms with Gasteiger partial charge in [0.15, 0.2) is 6.61 Å². The Morgan fingerprint density at radius 3 is 2.07 bits per heavy atom. The van der Waals surface area contributed by atoms with Gasteiger partial charge in [0.05, 0.1) is 11.6 Å². The highest BCUT2D eigenvalue weighted by Crippen LogP contribution is 2.21. The summed E-state index contributed by atoms with van der Waals surface area (Å²) in [7, 11) is 0. The van der Waals surface area contributed by atoms with Gasteiger partial charge in [0.25, 0.3) is 11.8 Å². The van der Waals surface area contributed by atoms with Crippen LogP contribution in [0.5, 0.6) is 17.2 Å². The summed E-state index contributed by atoms with van der Waals surface area (Å²) in [5.74, 6) is 0.737. The Morgan fingerprint density at radius 1 is 0.793 bits per heavy atom. The van der Waals surface area contributed by atoms with Gasteiger partial charge < -0.3 is 9.47 Å². The standard InChI is InChI=1S/C22H17N3O4/c23-14-16-6-10-18(11-7-16)28-15-21(26)24-25-22(27)17-8-12-20(13-9-17)29-19-4-2-1-3-5-19/h1-13H,15H2,(H,24,26)(H,25,27). The third kappa shape index (κ3) is 5.84. The highest BCUT2D eigenvalue weighted by molar-refractivity contribution is 5.95. The van der Waals surface area contributed by atoms with Gasteiger partial charge in [0, 0.05) is 5.56 Å². The van der Waals surface area contributed by atoms with E-state index in [1.807, 2.05) is 36.4 Å². The number of rotatable bonds is 6. The van der Waals surface area contributed by atoms with Gasteiger partial charge in [0.2, 0.25) is 0 Å². The maximum atomic E-state index is 12.1. The van der Waals surface area contributed by atoms with Gasteiger partial charge >= 0.3 is 0 Å². The minimum absolute atomic E-state index is 0.282. The van der Waals surface area contributed by atoms with Crippen LogP contribution in [0.3, 0.4) is 0 Å². The van der Waals surface area contributed by atoms with Crippen molar-refractivity contribution in [2.75, 3.05) is 6.61 Å². The number of nitriles is 1. The number of hydrogen-bond acceptors (Lipinski definition) is 5. The molecule has 144 valence electrons. The van der Waals surface area contributed by atoms with Crippen molar-refractivity contribution in [1.82, 2.24) is 10.9 Å². The quantitative estimate of drug-likeness (QED) is 0.633. The van der Waals surface area contributed by atoms with Crippen LogP contribution in [0.25, 0.3) is 0 Å². The summed E-state index contributed by atoms with van der Waals surface area (Å²) >= 11 is 0. The molecule has 3 aromatic rings. The lowest BCUT2D eigenvalue weighted by Gasteiger charge is -2.09. The van der Waals surface area contributed by atoms with Crippen molar-refractivity contribution < 1.29 is 19.1 Å². The molecule has 0 aromatic heterocycles. The lowest BCUT2D eigenvalue weighted by molar-refractivity contribution is -0.123. The third-order valence-electron chi connectivity index (χ3n) is 3.76. The normalized spacial score (nSPS) is 9.76. The average molecular weight is 387 g/mol. The molecule has 0 fully saturated rings. The van der Waals surface area contributed by atoms with Crippen molar-refractivity contribution in [3.05, 3.63) is 90.0 Å². The Bertz CT molecular complexity index is 1010. The van der Waals surface area contributed by atoms with Crippen LogP contribution in [0.2, 0.25) is 0 Å². The first-order valence-corrected chi connectivity index (χ1v) is 8.69. The zero-order valence-electron chi connectivity index (χ0n) is 15.3. The fourth-order valence-electron chi connectivity index (χ4n) is 2.31. The molecular formula is C22H17N3O4. The van der Waals surface area contributed by atoms with E-state index in [1.165, 1.54) is 0 Å². The van der Waals surface area contributed by atoms with Gasteiger partial charge in [-0.25, -0.2) is 0 Å². The lowest BCUT2D eigenvalue weighted by Crippen LogP contribution is -2.43. The predicted octanol–water partition coefficient (Wildman–Crippen LogP) is 3.19. The van der Waals surface area contributed by atoms with Gasteiger partial charge in [-0.15, -0.1) is 0 Å². The number of benzene rings is 3. The van der Waals surface area contributed by atoms with Crippen molar-refractivity contribution in [3.63, 3.8) is 0 Å². The molecule has 0 spiro atoms. The van der Waals surface area contributed by atoms with Crippen LogP contribution >= 0.6 is 0 Å². The van der Waals surface area contributed by atoms with Crippen molar-refractivity contribution in [1.29, 1.82) is 5.26 Å². The summed E-state index contributed by atoms with van der Waals surface area (Å²) < 4.78 is 11.0. The summed E-state index contributed by atoms with van der Waals surface area (Å²) in [4.78, 5) is 23.9. The second-order valence-corrected chi connectivity index (χ2v) is 5.87. The van der Waals surface area contributed by atoms with Crippen molar-refractivity contribution in [3.8, 4) is 23.3 Å². The molecule has 2 amide bonds. The second-order valence-electron chi connectivity index (χ2n) is 5.87. The third-order valence-corrected chi connectivity index (χ3v) is 3.76. The topological polar surface area (TPSA) is 100 Å². The summed E-state index contributed by atoms with van der Waals surface area (Å²) in [5, 5.41) is 8.74. The molecule has 0 saturated carbocycles. The van der Waals surface area contributed by atoms with Gasteiger partial charge in [-0.1, -0.05) is 18.2 Å². The molecule has 7 heteroatoms. The zero-order valence-corrected chi connectivity index (χ0v) is 15.3.